The molecule has 0 radical (unpaired) electrons. The van der Waals surface area contributed by atoms with Crippen LogP contribution in [0.5, 0.6) is 0 Å². The maximum atomic E-state index is 14.3. The molecule has 1 aliphatic rings. The summed E-state index contributed by atoms with van der Waals surface area (Å²) in [5.41, 5.74) is 7.44. The van der Waals surface area contributed by atoms with Gasteiger partial charge in [0.2, 0.25) is 17.7 Å². The monoisotopic (exact) mass is 488 g/mol. The maximum Gasteiger partial charge on any atom is 0.244 e. The summed E-state index contributed by atoms with van der Waals surface area (Å²) in [6.45, 7) is 0.932. The first kappa shape index (κ1) is 23.8. The van der Waals surface area contributed by atoms with Crippen LogP contribution < -0.4 is 11.1 Å². The summed E-state index contributed by atoms with van der Waals surface area (Å²) in [5, 5.41) is 3.09. The Morgan fingerprint density at radius 1 is 1.21 bits per heavy atom. The normalized spacial score (nSPS) is 18.8. The Hall–Kier alpha value is -3.30. The third-order valence-electron chi connectivity index (χ3n) is 6.00. The molecule has 0 spiro atoms. The zero-order chi connectivity index (χ0) is 24.6. The van der Waals surface area contributed by atoms with E-state index in [2.05, 4.69) is 5.32 Å². The van der Waals surface area contributed by atoms with Gasteiger partial charge in [-0.05, 0) is 12.1 Å². The molecule has 4 rings (SSSR count). The van der Waals surface area contributed by atoms with Gasteiger partial charge in [0.25, 0.3) is 0 Å². The molecule has 3 aromatic rings. The number of carbonyl (C=O) groups is 3. The molecule has 0 bridgehead atoms. The average molecular weight is 489 g/mol. The van der Waals surface area contributed by atoms with Crippen molar-refractivity contribution in [3.05, 3.63) is 70.6 Å². The predicted molar refractivity (Wildman–Crippen MR) is 123 cm³/mol. The molecule has 2 aromatic carbocycles. The van der Waals surface area contributed by atoms with Crippen LogP contribution in [-0.2, 0) is 16.1 Å². The van der Waals surface area contributed by atoms with Gasteiger partial charge in [-0.2, -0.15) is 0 Å². The quantitative estimate of drug-likeness (QED) is 0.575. The van der Waals surface area contributed by atoms with Crippen molar-refractivity contribution < 1.29 is 23.2 Å². The van der Waals surface area contributed by atoms with Gasteiger partial charge in [-0.15, -0.1) is 0 Å². The molecule has 2 amide bonds. The molecule has 3 N–H and O–H groups in total. The summed E-state index contributed by atoms with van der Waals surface area (Å²) in [6.07, 6.45) is -0.110. The molecule has 1 aliphatic heterocycles. The molecule has 3 atom stereocenters. The Kier molecular flexibility index (Phi) is 6.67. The summed E-state index contributed by atoms with van der Waals surface area (Å²) in [5.74, 6) is -2.17. The van der Waals surface area contributed by atoms with Gasteiger partial charge in [-0.1, -0.05) is 41.9 Å². The second-order valence-electron chi connectivity index (χ2n) is 8.24. The van der Waals surface area contributed by atoms with Crippen LogP contribution >= 0.6 is 11.6 Å². The lowest BCUT2D eigenvalue weighted by Crippen LogP contribution is -2.48. The van der Waals surface area contributed by atoms with Crippen LogP contribution in [0.4, 0.5) is 8.78 Å². The summed E-state index contributed by atoms with van der Waals surface area (Å²) in [6, 6.07) is 9.08. The number of likely N-dealkylation sites (tertiary alicyclic amines) is 1. The van der Waals surface area contributed by atoms with Gasteiger partial charge >= 0.3 is 0 Å². The zero-order valence-corrected chi connectivity index (χ0v) is 19.1. The number of benzene rings is 2. The van der Waals surface area contributed by atoms with Crippen molar-refractivity contribution in [2.24, 2.45) is 5.73 Å². The second kappa shape index (κ2) is 9.52. The average Bonchev–Trinajstić information content (AvgIpc) is 3.40. The third-order valence-corrected chi connectivity index (χ3v) is 6.30. The lowest BCUT2D eigenvalue weighted by Gasteiger charge is -2.26. The van der Waals surface area contributed by atoms with E-state index in [1.807, 2.05) is 0 Å². The first-order valence-corrected chi connectivity index (χ1v) is 11.1. The molecular weight excluding hydrogens is 466 g/mol. The summed E-state index contributed by atoms with van der Waals surface area (Å²) >= 11 is 5.77. The van der Waals surface area contributed by atoms with Crippen LogP contribution in [0.15, 0.2) is 48.7 Å². The Balaban J connectivity index is 1.55. The number of nitrogens with zero attached hydrogens (tertiary/aromatic N) is 2. The number of aromatic nitrogens is 1. The van der Waals surface area contributed by atoms with Gasteiger partial charge in [-0.3, -0.25) is 19.0 Å². The molecule has 1 saturated heterocycles. The Morgan fingerprint density at radius 3 is 2.68 bits per heavy atom. The van der Waals surface area contributed by atoms with E-state index in [-0.39, 0.29) is 36.0 Å². The number of nitrogens with two attached hydrogens (primary N) is 1. The standard InChI is InChI=1S/C24H23ClF2N4O3/c1-13(32)30-12-17(16-6-2-3-8-19(16)30)22(28)24(34)31-11-15(26)9-20(31)23(33)29-10-14-5-4-7-18(25)21(14)27/h2-8,12,15,20,22H,9-11,28H2,1H3,(H,29,33)/t15-,20+,22?/m1/s1. The number of amides is 2. The molecule has 34 heavy (non-hydrogen) atoms. The van der Waals surface area contributed by atoms with E-state index < -0.39 is 35.9 Å². The van der Waals surface area contributed by atoms with E-state index in [1.54, 1.807) is 30.3 Å². The zero-order valence-electron chi connectivity index (χ0n) is 18.3. The topological polar surface area (TPSA) is 97.4 Å². The van der Waals surface area contributed by atoms with Crippen LogP contribution in [0.1, 0.15) is 35.3 Å². The number of hydrogen-bond donors (Lipinski definition) is 2. The minimum atomic E-state index is -1.41. The number of para-hydroxylation sites is 1. The minimum Gasteiger partial charge on any atom is -0.350 e. The first-order valence-electron chi connectivity index (χ1n) is 10.7. The van der Waals surface area contributed by atoms with Crippen molar-refractivity contribution in [3.8, 4) is 0 Å². The lowest BCUT2D eigenvalue weighted by molar-refractivity contribution is -0.139. The fourth-order valence-corrected chi connectivity index (χ4v) is 4.48. The summed E-state index contributed by atoms with van der Waals surface area (Å²) < 4.78 is 29.8. The fourth-order valence-electron chi connectivity index (χ4n) is 4.29. The minimum absolute atomic E-state index is 0.0797. The number of alkyl halides is 1. The van der Waals surface area contributed by atoms with Gasteiger partial charge in [0.15, 0.2) is 0 Å². The first-order chi connectivity index (χ1) is 16.2. The van der Waals surface area contributed by atoms with Crippen molar-refractivity contribution in [1.82, 2.24) is 14.8 Å². The lowest BCUT2D eigenvalue weighted by atomic mass is 10.0. The van der Waals surface area contributed by atoms with E-state index in [0.29, 0.717) is 16.5 Å². The Morgan fingerprint density at radius 2 is 1.94 bits per heavy atom. The molecule has 1 unspecified atom stereocenters. The number of rotatable bonds is 5. The molecule has 0 aliphatic carbocycles. The van der Waals surface area contributed by atoms with E-state index in [9.17, 15) is 23.2 Å². The molecular formula is C24H23ClF2N4O3. The van der Waals surface area contributed by atoms with Crippen molar-refractivity contribution in [1.29, 1.82) is 0 Å². The summed E-state index contributed by atoms with van der Waals surface area (Å²) in [4.78, 5) is 39.2. The number of carbonyl (C=O) groups excluding carboxylic acids is 3. The maximum absolute atomic E-state index is 14.3. The van der Waals surface area contributed by atoms with Crippen LogP contribution in [0.3, 0.4) is 0 Å². The molecule has 10 heteroatoms. The third kappa shape index (κ3) is 4.41. The highest BCUT2D eigenvalue weighted by molar-refractivity contribution is 6.30. The molecule has 178 valence electrons. The van der Waals surface area contributed by atoms with Gasteiger partial charge in [-0.25, -0.2) is 8.78 Å². The Bertz CT molecular complexity index is 1280. The number of hydrogen-bond acceptors (Lipinski definition) is 4. The van der Waals surface area contributed by atoms with Crippen molar-refractivity contribution in [2.45, 2.75) is 38.1 Å². The molecule has 7 nitrogen and oxygen atoms in total. The van der Waals surface area contributed by atoms with Crippen molar-refractivity contribution in [3.63, 3.8) is 0 Å². The molecule has 1 fully saturated rings. The van der Waals surface area contributed by atoms with Gasteiger partial charge in [0.05, 0.1) is 17.1 Å². The number of nitrogens with one attached hydrogen (secondary N) is 1. The highest BCUT2D eigenvalue weighted by Crippen LogP contribution is 2.30. The van der Waals surface area contributed by atoms with Gasteiger partial charge in [0, 0.05) is 42.6 Å². The van der Waals surface area contributed by atoms with E-state index in [4.69, 9.17) is 17.3 Å². The van der Waals surface area contributed by atoms with Crippen molar-refractivity contribution in [2.75, 3.05) is 6.54 Å². The van der Waals surface area contributed by atoms with E-state index in [0.717, 1.165) is 4.90 Å². The van der Waals surface area contributed by atoms with Crippen molar-refractivity contribution >= 4 is 40.2 Å². The smallest absolute Gasteiger partial charge is 0.244 e. The van der Waals surface area contributed by atoms with E-state index >= 15 is 0 Å². The van der Waals surface area contributed by atoms with Crippen LogP contribution in [0, 0.1) is 5.82 Å². The summed E-state index contributed by atoms with van der Waals surface area (Å²) in [7, 11) is 0. The van der Waals surface area contributed by atoms with Crippen LogP contribution in [-0.4, -0.2) is 45.9 Å². The number of fused-ring (bicyclic) bond motifs is 1. The van der Waals surface area contributed by atoms with Gasteiger partial charge < -0.3 is 16.0 Å². The second-order valence-corrected chi connectivity index (χ2v) is 8.65. The van der Waals surface area contributed by atoms with Gasteiger partial charge in [0.1, 0.15) is 24.1 Å². The molecule has 1 aromatic heterocycles. The van der Waals surface area contributed by atoms with Crippen LogP contribution in [0.2, 0.25) is 5.02 Å². The highest BCUT2D eigenvalue weighted by atomic mass is 35.5. The molecule has 0 saturated carbocycles. The Labute approximate surface area is 199 Å². The molecule has 2 heterocycles. The highest BCUT2D eigenvalue weighted by Gasteiger charge is 2.42. The van der Waals surface area contributed by atoms with E-state index in [1.165, 1.54) is 29.8 Å². The van der Waals surface area contributed by atoms with Crippen LogP contribution in [0.25, 0.3) is 10.9 Å². The SMILES string of the molecule is CC(=O)n1cc(C(N)C(=O)N2C[C@H](F)C[C@H]2C(=O)NCc2cccc(Cl)c2F)c2ccccc21. The predicted octanol–water partition coefficient (Wildman–Crippen LogP) is 3.35. The number of halogens is 3. The fraction of sp³-hybridized carbons (Fsp3) is 0.292. The largest absolute Gasteiger partial charge is 0.350 e.